The fraction of sp³-hybridized carbons (Fsp3) is 0. The van der Waals surface area contributed by atoms with Gasteiger partial charge in [-0.25, -0.2) is 24.3 Å². The molecule has 0 saturated carbocycles. The topological polar surface area (TPSA) is 0 Å². The fourth-order valence-electron chi connectivity index (χ4n) is 1.03. The minimum atomic E-state index is 0. The zero-order chi connectivity index (χ0) is 11.3. The predicted octanol–water partition coefficient (Wildman–Crippen LogP) is 4.49. The Labute approximate surface area is 134 Å². The molecule has 0 unspecified atom stereocenters. The summed E-state index contributed by atoms with van der Waals surface area (Å²) in [5.74, 6) is 0. The standard InChI is InChI=1S/C6H6.2C5H5.2V/c1-2-4-6-5-3-1;2*1-2-4-5-3-1;;/h1-6H;2*1-5H;;/q;2*-1;;. The largest absolute Gasteiger partial charge is 0.214 e. The minimum Gasteiger partial charge on any atom is -0.214 e. The van der Waals surface area contributed by atoms with E-state index in [1.165, 1.54) is 0 Å². The molecule has 92 valence electrons. The molecule has 0 bridgehead atoms. The van der Waals surface area contributed by atoms with Gasteiger partial charge in [-0.05, 0) is 0 Å². The second kappa shape index (κ2) is 16.1. The van der Waals surface area contributed by atoms with Gasteiger partial charge in [-0.2, -0.15) is 36.4 Å². The molecule has 0 atom stereocenters. The van der Waals surface area contributed by atoms with E-state index in [0.29, 0.717) is 0 Å². The minimum absolute atomic E-state index is 0. The Morgan fingerprint density at radius 1 is 0.333 bits per heavy atom. The van der Waals surface area contributed by atoms with Crippen molar-refractivity contribution in [2.45, 2.75) is 0 Å². The summed E-state index contributed by atoms with van der Waals surface area (Å²) in [7, 11) is 0. The van der Waals surface area contributed by atoms with Gasteiger partial charge in [0, 0.05) is 37.1 Å². The average Bonchev–Trinajstić information content (AvgIpc) is 3.10. The monoisotopic (exact) mass is 310 g/mol. The molecule has 3 rings (SSSR count). The maximum absolute atomic E-state index is 2.00. The summed E-state index contributed by atoms with van der Waals surface area (Å²) in [4.78, 5) is 0. The van der Waals surface area contributed by atoms with Crippen LogP contribution in [0, 0.1) is 0 Å². The van der Waals surface area contributed by atoms with Crippen LogP contribution < -0.4 is 0 Å². The molecule has 2 radical (unpaired) electrons. The van der Waals surface area contributed by atoms with Gasteiger partial charge in [-0.1, -0.05) is 36.4 Å². The third-order valence-electron chi connectivity index (χ3n) is 1.78. The van der Waals surface area contributed by atoms with Crippen LogP contribution in [0.1, 0.15) is 0 Å². The van der Waals surface area contributed by atoms with Gasteiger partial charge >= 0.3 is 0 Å². The Balaban J connectivity index is 0. The maximum atomic E-state index is 2.00. The van der Waals surface area contributed by atoms with Gasteiger partial charge in [-0.15, -0.1) is 0 Å². The molecule has 0 N–H and O–H groups in total. The molecule has 0 amide bonds. The van der Waals surface area contributed by atoms with Crippen LogP contribution in [0.15, 0.2) is 97.1 Å². The van der Waals surface area contributed by atoms with E-state index >= 15 is 0 Å². The Morgan fingerprint density at radius 2 is 0.556 bits per heavy atom. The van der Waals surface area contributed by atoms with Crippen molar-refractivity contribution in [3.8, 4) is 0 Å². The van der Waals surface area contributed by atoms with E-state index in [2.05, 4.69) is 0 Å². The normalized spacial score (nSPS) is 7.11. The molecule has 0 heterocycles. The van der Waals surface area contributed by atoms with E-state index in [0.717, 1.165) is 0 Å². The van der Waals surface area contributed by atoms with Crippen molar-refractivity contribution in [3.63, 3.8) is 0 Å². The zero-order valence-electron chi connectivity index (χ0n) is 10.1. The average molecular weight is 310 g/mol. The van der Waals surface area contributed by atoms with Gasteiger partial charge in [0.05, 0.1) is 0 Å². The van der Waals surface area contributed by atoms with Gasteiger partial charge in [0.15, 0.2) is 0 Å². The summed E-state index contributed by atoms with van der Waals surface area (Å²) in [5, 5.41) is 0. The first-order chi connectivity index (χ1) is 8.00. The molecule has 0 saturated heterocycles. The molecule has 0 aliphatic heterocycles. The van der Waals surface area contributed by atoms with E-state index in [9.17, 15) is 0 Å². The smallest absolute Gasteiger partial charge is 0 e. The summed E-state index contributed by atoms with van der Waals surface area (Å²) < 4.78 is 0. The van der Waals surface area contributed by atoms with Gasteiger partial charge in [0.1, 0.15) is 0 Å². The summed E-state index contributed by atoms with van der Waals surface area (Å²) >= 11 is 0. The van der Waals surface area contributed by atoms with Crippen molar-refractivity contribution in [1.29, 1.82) is 0 Å². The van der Waals surface area contributed by atoms with E-state index in [1.807, 2.05) is 97.1 Å². The molecule has 18 heavy (non-hydrogen) atoms. The maximum Gasteiger partial charge on any atom is 0 e. The van der Waals surface area contributed by atoms with Crippen molar-refractivity contribution in [1.82, 2.24) is 0 Å². The second-order valence-electron chi connectivity index (χ2n) is 3.08. The van der Waals surface area contributed by atoms with Gasteiger partial charge in [0.25, 0.3) is 0 Å². The van der Waals surface area contributed by atoms with Crippen molar-refractivity contribution in [2.24, 2.45) is 0 Å². The molecular formula is C16H16V2-2. The van der Waals surface area contributed by atoms with Crippen LogP contribution >= 0.6 is 0 Å². The molecule has 0 aromatic heterocycles. The number of benzene rings is 1. The Kier molecular flexibility index (Phi) is 17.4. The van der Waals surface area contributed by atoms with Crippen LogP contribution in [0.3, 0.4) is 0 Å². The van der Waals surface area contributed by atoms with Crippen LogP contribution in [0.5, 0.6) is 0 Å². The van der Waals surface area contributed by atoms with Crippen molar-refractivity contribution < 1.29 is 37.1 Å². The molecule has 0 spiro atoms. The zero-order valence-corrected chi connectivity index (χ0v) is 12.9. The third kappa shape index (κ3) is 13.2. The number of hydrogen-bond donors (Lipinski definition) is 0. The van der Waals surface area contributed by atoms with Crippen molar-refractivity contribution >= 4 is 0 Å². The van der Waals surface area contributed by atoms with Gasteiger partial charge in [-0.3, -0.25) is 0 Å². The molecule has 3 aromatic rings. The molecular weight excluding hydrogens is 294 g/mol. The summed E-state index contributed by atoms with van der Waals surface area (Å²) in [5.41, 5.74) is 0. The van der Waals surface area contributed by atoms with E-state index in [4.69, 9.17) is 0 Å². The number of hydrogen-bond acceptors (Lipinski definition) is 0. The Hall–Kier alpha value is -0.911. The van der Waals surface area contributed by atoms with E-state index in [1.54, 1.807) is 0 Å². The molecule has 0 nitrogen and oxygen atoms in total. The van der Waals surface area contributed by atoms with Crippen molar-refractivity contribution in [3.05, 3.63) is 97.1 Å². The molecule has 2 heteroatoms. The first-order valence-corrected chi connectivity index (χ1v) is 5.33. The third-order valence-corrected chi connectivity index (χ3v) is 1.78. The van der Waals surface area contributed by atoms with Crippen LogP contribution in [-0.4, -0.2) is 0 Å². The molecule has 0 fully saturated rings. The van der Waals surface area contributed by atoms with E-state index < -0.39 is 0 Å². The van der Waals surface area contributed by atoms with Crippen LogP contribution in [0.25, 0.3) is 0 Å². The summed E-state index contributed by atoms with van der Waals surface area (Å²) in [6.45, 7) is 0. The quantitative estimate of drug-likeness (QED) is 0.537. The summed E-state index contributed by atoms with van der Waals surface area (Å²) in [6, 6.07) is 32.0. The first-order valence-electron chi connectivity index (χ1n) is 5.33. The summed E-state index contributed by atoms with van der Waals surface area (Å²) in [6.07, 6.45) is 0. The molecule has 0 aliphatic carbocycles. The second-order valence-corrected chi connectivity index (χ2v) is 3.08. The number of rotatable bonds is 0. The van der Waals surface area contributed by atoms with Crippen LogP contribution in [0.2, 0.25) is 0 Å². The van der Waals surface area contributed by atoms with Gasteiger partial charge < -0.3 is 0 Å². The predicted molar refractivity (Wildman–Crippen MR) is 70.5 cm³/mol. The first kappa shape index (κ1) is 19.4. The molecule has 0 aliphatic rings. The fourth-order valence-corrected chi connectivity index (χ4v) is 1.03. The van der Waals surface area contributed by atoms with Crippen molar-refractivity contribution in [2.75, 3.05) is 0 Å². The SMILES string of the molecule is [V].[V].c1cc[cH-]c1.c1cc[cH-]c1.c1ccccc1. The van der Waals surface area contributed by atoms with Crippen LogP contribution in [0.4, 0.5) is 0 Å². The van der Waals surface area contributed by atoms with Crippen LogP contribution in [-0.2, 0) is 37.1 Å². The molecule has 3 aromatic carbocycles. The van der Waals surface area contributed by atoms with Gasteiger partial charge in [0.2, 0.25) is 0 Å². The Morgan fingerprint density at radius 3 is 0.667 bits per heavy atom. The Bertz CT molecular complexity index is 300. The van der Waals surface area contributed by atoms with E-state index in [-0.39, 0.29) is 37.1 Å².